The van der Waals surface area contributed by atoms with Crippen LogP contribution >= 0.6 is 0 Å². The number of esters is 1. The van der Waals surface area contributed by atoms with E-state index >= 15 is 0 Å². The quantitative estimate of drug-likeness (QED) is 0.822. The van der Waals surface area contributed by atoms with Crippen LogP contribution in [0.2, 0.25) is 0 Å². The zero-order valence-corrected chi connectivity index (χ0v) is 11.8. The Morgan fingerprint density at radius 3 is 2.75 bits per heavy atom. The van der Waals surface area contributed by atoms with Gasteiger partial charge in [-0.1, -0.05) is 42.5 Å². The molecule has 2 rings (SSSR count). The van der Waals surface area contributed by atoms with Crippen LogP contribution in [0.3, 0.4) is 0 Å². The first-order valence-electron chi connectivity index (χ1n) is 7.08. The van der Waals surface area contributed by atoms with Gasteiger partial charge >= 0.3 is 5.97 Å². The molecule has 0 saturated heterocycles. The number of ether oxygens (including phenoxy) is 1. The van der Waals surface area contributed by atoms with E-state index in [9.17, 15) is 4.79 Å². The van der Waals surface area contributed by atoms with Crippen molar-refractivity contribution in [1.29, 1.82) is 0 Å². The summed E-state index contributed by atoms with van der Waals surface area (Å²) in [6.45, 7) is 2.24. The molecule has 1 atom stereocenters. The molecule has 1 unspecified atom stereocenters. The minimum Gasteiger partial charge on any atom is -0.466 e. The molecular formula is C17H21NO2. The van der Waals surface area contributed by atoms with Gasteiger partial charge in [0.05, 0.1) is 6.61 Å². The molecule has 0 saturated carbocycles. The maximum absolute atomic E-state index is 11.3. The molecule has 0 spiro atoms. The number of benzene rings is 2. The summed E-state index contributed by atoms with van der Waals surface area (Å²) in [4.78, 5) is 11.3. The van der Waals surface area contributed by atoms with Crippen molar-refractivity contribution in [3.05, 3.63) is 48.0 Å². The lowest BCUT2D eigenvalue weighted by Gasteiger charge is -2.13. The molecule has 0 aliphatic carbocycles. The third-order valence-corrected chi connectivity index (χ3v) is 3.39. The summed E-state index contributed by atoms with van der Waals surface area (Å²) in [5, 5.41) is 2.46. The van der Waals surface area contributed by atoms with Crippen molar-refractivity contribution < 1.29 is 9.53 Å². The average molecular weight is 271 g/mol. The van der Waals surface area contributed by atoms with Crippen molar-refractivity contribution in [1.82, 2.24) is 0 Å². The van der Waals surface area contributed by atoms with E-state index in [0.717, 1.165) is 6.42 Å². The zero-order valence-electron chi connectivity index (χ0n) is 11.8. The highest BCUT2D eigenvalue weighted by molar-refractivity contribution is 5.85. The summed E-state index contributed by atoms with van der Waals surface area (Å²) in [5.74, 6) is -0.166. The number of nitrogens with two attached hydrogens (primary N) is 1. The van der Waals surface area contributed by atoms with Crippen LogP contribution in [0.15, 0.2) is 42.5 Å². The van der Waals surface area contributed by atoms with Gasteiger partial charge in [0.15, 0.2) is 0 Å². The first-order valence-corrected chi connectivity index (χ1v) is 7.08. The molecule has 2 N–H and O–H groups in total. The van der Waals surface area contributed by atoms with Gasteiger partial charge in [0.2, 0.25) is 0 Å². The van der Waals surface area contributed by atoms with Crippen molar-refractivity contribution in [2.75, 3.05) is 6.61 Å². The van der Waals surface area contributed by atoms with E-state index in [-0.39, 0.29) is 12.0 Å². The lowest BCUT2D eigenvalue weighted by Crippen LogP contribution is -2.24. The summed E-state index contributed by atoms with van der Waals surface area (Å²) in [7, 11) is 0. The smallest absolute Gasteiger partial charge is 0.305 e. The topological polar surface area (TPSA) is 52.3 Å². The number of rotatable bonds is 6. The zero-order chi connectivity index (χ0) is 14.4. The van der Waals surface area contributed by atoms with Gasteiger partial charge in [0, 0.05) is 12.5 Å². The van der Waals surface area contributed by atoms with Crippen molar-refractivity contribution in [2.45, 2.75) is 32.2 Å². The lowest BCUT2D eigenvalue weighted by atomic mass is 9.97. The van der Waals surface area contributed by atoms with E-state index in [2.05, 4.69) is 30.3 Å². The predicted octanol–water partition coefficient (Wildman–Crippen LogP) is 3.05. The van der Waals surface area contributed by atoms with Crippen molar-refractivity contribution in [3.8, 4) is 0 Å². The maximum atomic E-state index is 11.3. The Balaban J connectivity index is 1.99. The number of hydrogen-bond donors (Lipinski definition) is 1. The normalized spacial score (nSPS) is 12.3. The van der Waals surface area contributed by atoms with Gasteiger partial charge in [-0.25, -0.2) is 0 Å². The van der Waals surface area contributed by atoms with E-state index < -0.39 is 0 Å². The summed E-state index contributed by atoms with van der Waals surface area (Å²) < 4.78 is 4.92. The summed E-state index contributed by atoms with van der Waals surface area (Å²) >= 11 is 0. The highest BCUT2D eigenvalue weighted by atomic mass is 16.5. The Hall–Kier alpha value is -1.87. The highest BCUT2D eigenvalue weighted by Crippen LogP contribution is 2.20. The molecule has 106 valence electrons. The Labute approximate surface area is 119 Å². The van der Waals surface area contributed by atoms with Crippen LogP contribution in [0.25, 0.3) is 10.8 Å². The van der Waals surface area contributed by atoms with Crippen LogP contribution in [0.5, 0.6) is 0 Å². The van der Waals surface area contributed by atoms with Gasteiger partial charge in [-0.2, -0.15) is 0 Å². The molecule has 0 radical (unpaired) electrons. The van der Waals surface area contributed by atoms with Gasteiger partial charge in [-0.15, -0.1) is 0 Å². The van der Waals surface area contributed by atoms with Crippen LogP contribution in [-0.2, 0) is 16.0 Å². The second kappa shape index (κ2) is 7.06. The average Bonchev–Trinajstić information content (AvgIpc) is 2.46. The van der Waals surface area contributed by atoms with Crippen molar-refractivity contribution >= 4 is 16.7 Å². The Morgan fingerprint density at radius 2 is 1.95 bits per heavy atom. The molecule has 3 nitrogen and oxygen atoms in total. The molecule has 2 aromatic carbocycles. The largest absolute Gasteiger partial charge is 0.466 e. The standard InChI is InChI=1S/C17H21NO2/c1-2-20-17(19)11-10-15(18)12-14-8-5-7-13-6-3-4-9-16(13)14/h3-9,15H,2,10-12,18H2,1H3. The van der Waals surface area contributed by atoms with Crippen LogP contribution in [0.4, 0.5) is 0 Å². The fourth-order valence-corrected chi connectivity index (χ4v) is 2.39. The maximum Gasteiger partial charge on any atom is 0.305 e. The Bertz CT molecular complexity index is 575. The molecule has 0 aliphatic heterocycles. The third kappa shape index (κ3) is 3.81. The van der Waals surface area contributed by atoms with Gasteiger partial charge in [-0.05, 0) is 36.1 Å². The SMILES string of the molecule is CCOC(=O)CCC(N)Cc1cccc2ccccc12. The number of carbonyl (C=O) groups is 1. The summed E-state index contributed by atoms with van der Waals surface area (Å²) in [6, 6.07) is 14.5. The Morgan fingerprint density at radius 1 is 1.20 bits per heavy atom. The van der Waals surface area contributed by atoms with Gasteiger partial charge < -0.3 is 10.5 Å². The molecule has 3 heteroatoms. The molecule has 0 fully saturated rings. The minimum atomic E-state index is -0.166. The minimum absolute atomic E-state index is 0.0230. The molecular weight excluding hydrogens is 250 g/mol. The monoisotopic (exact) mass is 271 g/mol. The second-order valence-corrected chi connectivity index (χ2v) is 4.95. The summed E-state index contributed by atoms with van der Waals surface area (Å²) in [6.07, 6.45) is 1.82. The van der Waals surface area contributed by atoms with E-state index in [1.807, 2.05) is 19.1 Å². The fraction of sp³-hybridized carbons (Fsp3) is 0.353. The molecule has 0 heterocycles. The van der Waals surface area contributed by atoms with Gasteiger partial charge in [0.25, 0.3) is 0 Å². The van der Waals surface area contributed by atoms with Crippen LogP contribution in [0, 0.1) is 0 Å². The molecule has 0 bridgehead atoms. The molecule has 0 aliphatic rings. The van der Waals surface area contributed by atoms with E-state index in [4.69, 9.17) is 10.5 Å². The van der Waals surface area contributed by atoms with Gasteiger partial charge in [0.1, 0.15) is 0 Å². The predicted molar refractivity (Wildman–Crippen MR) is 81.5 cm³/mol. The van der Waals surface area contributed by atoms with E-state index in [1.54, 1.807) is 0 Å². The third-order valence-electron chi connectivity index (χ3n) is 3.39. The Kier molecular flexibility index (Phi) is 5.13. The molecule has 0 aromatic heterocycles. The summed E-state index contributed by atoms with van der Waals surface area (Å²) in [5.41, 5.74) is 7.37. The van der Waals surface area contributed by atoms with Crippen LogP contribution < -0.4 is 5.73 Å². The highest BCUT2D eigenvalue weighted by Gasteiger charge is 2.10. The second-order valence-electron chi connectivity index (χ2n) is 4.95. The lowest BCUT2D eigenvalue weighted by molar-refractivity contribution is -0.143. The first-order chi connectivity index (χ1) is 9.70. The molecule has 0 amide bonds. The van der Waals surface area contributed by atoms with Crippen molar-refractivity contribution in [3.63, 3.8) is 0 Å². The van der Waals surface area contributed by atoms with E-state index in [1.165, 1.54) is 16.3 Å². The molecule has 20 heavy (non-hydrogen) atoms. The molecule has 2 aromatic rings. The first kappa shape index (κ1) is 14.5. The van der Waals surface area contributed by atoms with Gasteiger partial charge in [-0.3, -0.25) is 4.79 Å². The van der Waals surface area contributed by atoms with Crippen LogP contribution in [0.1, 0.15) is 25.3 Å². The van der Waals surface area contributed by atoms with E-state index in [0.29, 0.717) is 19.4 Å². The number of hydrogen-bond acceptors (Lipinski definition) is 3. The van der Waals surface area contributed by atoms with Crippen molar-refractivity contribution in [2.24, 2.45) is 5.73 Å². The number of fused-ring (bicyclic) bond motifs is 1. The number of carbonyl (C=O) groups excluding carboxylic acids is 1. The fourth-order valence-electron chi connectivity index (χ4n) is 2.39. The van der Waals surface area contributed by atoms with Crippen LogP contribution in [-0.4, -0.2) is 18.6 Å².